The van der Waals surface area contributed by atoms with Gasteiger partial charge >= 0.3 is 6.09 Å². The minimum Gasteiger partial charge on any atom is -0.444 e. The molecule has 1 fully saturated rings. The molecule has 7 nitrogen and oxygen atoms in total. The van der Waals surface area contributed by atoms with Crippen LogP contribution < -0.4 is 10.6 Å². The van der Waals surface area contributed by atoms with Gasteiger partial charge in [0.15, 0.2) is 0 Å². The molecule has 0 spiro atoms. The predicted molar refractivity (Wildman–Crippen MR) is 139 cm³/mol. The van der Waals surface area contributed by atoms with E-state index in [0.717, 1.165) is 29.5 Å². The lowest BCUT2D eigenvalue weighted by atomic mass is 9.94. The minimum atomic E-state index is -0.791. The standard InChI is InChI=1S/C28H45N3O4/c1-17(2)15-22(29-26(34)35-28(8,9)10)25(33)31(20-13-14-20)23(24(32)30-27(5,6)7)21-16-18(3)11-12-19(21)4/h11-12,16-17,20,22-23H,13-15H2,1-10H3,(H,29,34)(H,30,32). The molecule has 0 saturated heterocycles. The zero-order valence-corrected chi connectivity index (χ0v) is 23.2. The Kier molecular flexibility index (Phi) is 9.01. The summed E-state index contributed by atoms with van der Waals surface area (Å²) in [5, 5.41) is 5.89. The fourth-order valence-electron chi connectivity index (χ4n) is 4.10. The van der Waals surface area contributed by atoms with Crippen LogP contribution in [0.25, 0.3) is 0 Å². The summed E-state index contributed by atoms with van der Waals surface area (Å²) in [5.74, 6) is -0.309. The Bertz CT molecular complexity index is 923. The first-order valence-electron chi connectivity index (χ1n) is 12.7. The van der Waals surface area contributed by atoms with Gasteiger partial charge in [-0.15, -0.1) is 0 Å². The maximum absolute atomic E-state index is 14.1. The van der Waals surface area contributed by atoms with Crippen LogP contribution in [0.5, 0.6) is 0 Å². The lowest BCUT2D eigenvalue weighted by molar-refractivity contribution is -0.144. The molecule has 1 aliphatic rings. The first-order chi connectivity index (χ1) is 16.0. The second-order valence-electron chi connectivity index (χ2n) is 12.3. The van der Waals surface area contributed by atoms with Gasteiger partial charge in [-0.1, -0.05) is 37.6 Å². The van der Waals surface area contributed by atoms with Gasteiger partial charge in [0.1, 0.15) is 17.7 Å². The number of aryl methyl sites for hydroxylation is 2. The van der Waals surface area contributed by atoms with E-state index in [4.69, 9.17) is 4.74 Å². The molecular formula is C28H45N3O4. The van der Waals surface area contributed by atoms with Crippen LogP contribution in [0.1, 0.15) is 97.4 Å². The number of nitrogens with one attached hydrogen (secondary N) is 2. The molecule has 0 aliphatic heterocycles. The van der Waals surface area contributed by atoms with Crippen molar-refractivity contribution in [2.24, 2.45) is 5.92 Å². The van der Waals surface area contributed by atoms with Crippen molar-refractivity contribution in [3.8, 4) is 0 Å². The van der Waals surface area contributed by atoms with E-state index in [2.05, 4.69) is 10.6 Å². The molecule has 7 heteroatoms. The smallest absolute Gasteiger partial charge is 0.408 e. The van der Waals surface area contributed by atoms with Crippen molar-refractivity contribution in [3.63, 3.8) is 0 Å². The number of alkyl carbamates (subject to hydrolysis) is 1. The second-order valence-corrected chi connectivity index (χ2v) is 12.3. The highest BCUT2D eigenvalue weighted by atomic mass is 16.6. The monoisotopic (exact) mass is 487 g/mol. The van der Waals surface area contributed by atoms with E-state index in [0.29, 0.717) is 6.42 Å². The number of amides is 3. The van der Waals surface area contributed by atoms with Crippen molar-refractivity contribution >= 4 is 17.9 Å². The van der Waals surface area contributed by atoms with Crippen molar-refractivity contribution in [1.29, 1.82) is 0 Å². The first kappa shape index (κ1) is 28.7. The van der Waals surface area contributed by atoms with Crippen molar-refractivity contribution in [1.82, 2.24) is 15.5 Å². The van der Waals surface area contributed by atoms with Crippen molar-refractivity contribution in [3.05, 3.63) is 34.9 Å². The van der Waals surface area contributed by atoms with Gasteiger partial charge in [0.05, 0.1) is 0 Å². The topological polar surface area (TPSA) is 87.7 Å². The van der Waals surface area contributed by atoms with Crippen LogP contribution >= 0.6 is 0 Å². The van der Waals surface area contributed by atoms with Gasteiger partial charge in [0.2, 0.25) is 11.8 Å². The van der Waals surface area contributed by atoms with Crippen LogP contribution in [0.4, 0.5) is 4.79 Å². The van der Waals surface area contributed by atoms with E-state index in [-0.39, 0.29) is 23.8 Å². The summed E-state index contributed by atoms with van der Waals surface area (Å²) >= 11 is 0. The molecule has 1 aliphatic carbocycles. The Balaban J connectivity index is 2.52. The van der Waals surface area contributed by atoms with Crippen molar-refractivity contribution < 1.29 is 19.1 Å². The second kappa shape index (κ2) is 11.0. The lowest BCUT2D eigenvalue weighted by Crippen LogP contribution is -2.55. The zero-order valence-electron chi connectivity index (χ0n) is 23.2. The lowest BCUT2D eigenvalue weighted by Gasteiger charge is -2.37. The highest BCUT2D eigenvalue weighted by molar-refractivity contribution is 5.93. The third-order valence-electron chi connectivity index (χ3n) is 5.64. The molecule has 0 heterocycles. The number of benzene rings is 1. The zero-order chi connectivity index (χ0) is 26.7. The van der Waals surface area contributed by atoms with Crippen LogP contribution in [0.2, 0.25) is 0 Å². The minimum absolute atomic E-state index is 0.0479. The quantitative estimate of drug-likeness (QED) is 0.528. The van der Waals surface area contributed by atoms with Crippen LogP contribution in [0.15, 0.2) is 18.2 Å². The molecule has 0 bridgehead atoms. The Hall–Kier alpha value is -2.57. The average molecular weight is 488 g/mol. The predicted octanol–water partition coefficient (Wildman–Crippen LogP) is 5.19. The summed E-state index contributed by atoms with van der Waals surface area (Å²) in [7, 11) is 0. The molecule has 35 heavy (non-hydrogen) atoms. The number of ether oxygens (including phenoxy) is 1. The van der Waals surface area contributed by atoms with E-state index >= 15 is 0 Å². The SMILES string of the molecule is Cc1ccc(C)c(C(C(=O)NC(C)(C)C)N(C(=O)C(CC(C)C)NC(=O)OC(C)(C)C)C2CC2)c1. The average Bonchev–Trinajstić information content (AvgIpc) is 3.48. The van der Waals surface area contributed by atoms with E-state index in [1.165, 1.54) is 0 Å². The number of carbonyl (C=O) groups excluding carboxylic acids is 3. The van der Waals surface area contributed by atoms with Crippen LogP contribution in [0, 0.1) is 19.8 Å². The van der Waals surface area contributed by atoms with Gasteiger partial charge in [0.25, 0.3) is 0 Å². The van der Waals surface area contributed by atoms with E-state index in [9.17, 15) is 14.4 Å². The third-order valence-corrected chi connectivity index (χ3v) is 5.64. The summed E-state index contributed by atoms with van der Waals surface area (Å²) in [6, 6.07) is 4.36. The van der Waals surface area contributed by atoms with Gasteiger partial charge in [-0.25, -0.2) is 4.79 Å². The summed E-state index contributed by atoms with van der Waals surface area (Å²) in [6.07, 6.45) is 1.48. The number of carbonyl (C=O) groups is 3. The molecule has 1 aromatic carbocycles. The molecule has 2 N–H and O–H groups in total. The fourth-order valence-corrected chi connectivity index (χ4v) is 4.10. The molecule has 2 atom stereocenters. The van der Waals surface area contributed by atoms with Gasteiger partial charge in [-0.05, 0) is 91.7 Å². The van der Waals surface area contributed by atoms with Crippen molar-refractivity contribution in [2.75, 3.05) is 0 Å². The molecule has 1 saturated carbocycles. The first-order valence-corrected chi connectivity index (χ1v) is 12.7. The van der Waals surface area contributed by atoms with Crippen LogP contribution in [-0.4, -0.2) is 46.0 Å². The van der Waals surface area contributed by atoms with Gasteiger partial charge in [0, 0.05) is 11.6 Å². The van der Waals surface area contributed by atoms with Crippen LogP contribution in [-0.2, 0) is 14.3 Å². The molecular weight excluding hydrogens is 442 g/mol. The summed E-state index contributed by atoms with van der Waals surface area (Å²) in [4.78, 5) is 42.2. The van der Waals surface area contributed by atoms with E-state index in [1.54, 1.807) is 25.7 Å². The fraction of sp³-hybridized carbons (Fsp3) is 0.679. The van der Waals surface area contributed by atoms with Gasteiger partial charge in [-0.2, -0.15) is 0 Å². The molecule has 1 aromatic rings. The Morgan fingerprint density at radius 3 is 2.14 bits per heavy atom. The Morgan fingerprint density at radius 2 is 1.66 bits per heavy atom. The molecule has 3 amide bonds. The highest BCUT2D eigenvalue weighted by Gasteiger charge is 2.45. The largest absolute Gasteiger partial charge is 0.444 e. The molecule has 2 unspecified atom stereocenters. The molecule has 196 valence electrons. The van der Waals surface area contributed by atoms with Gasteiger partial charge < -0.3 is 20.3 Å². The normalized spacial score (nSPS) is 15.9. The third kappa shape index (κ3) is 8.86. The Morgan fingerprint density at radius 1 is 1.06 bits per heavy atom. The van der Waals surface area contributed by atoms with E-state index < -0.39 is 29.3 Å². The maximum atomic E-state index is 14.1. The summed E-state index contributed by atoms with van der Waals surface area (Å²) in [6.45, 7) is 19.1. The maximum Gasteiger partial charge on any atom is 0.408 e. The Labute approximate surface area is 211 Å². The molecule has 0 aromatic heterocycles. The molecule has 0 radical (unpaired) electrons. The van der Waals surface area contributed by atoms with Crippen LogP contribution in [0.3, 0.4) is 0 Å². The number of rotatable bonds is 8. The molecule has 2 rings (SSSR count). The summed E-state index contributed by atoms with van der Waals surface area (Å²) in [5.41, 5.74) is 1.64. The van der Waals surface area contributed by atoms with E-state index in [1.807, 2.05) is 66.7 Å². The number of nitrogens with zero attached hydrogens (tertiary/aromatic N) is 1. The van der Waals surface area contributed by atoms with Gasteiger partial charge in [-0.3, -0.25) is 9.59 Å². The van der Waals surface area contributed by atoms with Crippen molar-refractivity contribution in [2.45, 2.75) is 118 Å². The summed E-state index contributed by atoms with van der Waals surface area (Å²) < 4.78 is 5.45. The number of hydrogen-bond donors (Lipinski definition) is 2. The number of hydrogen-bond acceptors (Lipinski definition) is 4. The highest BCUT2D eigenvalue weighted by Crippen LogP contribution is 2.37.